The summed E-state index contributed by atoms with van der Waals surface area (Å²) in [5.74, 6) is 6.09. The number of aryl methyl sites for hydroxylation is 1. The van der Waals surface area contributed by atoms with E-state index in [0.717, 1.165) is 48.2 Å². The quantitative estimate of drug-likeness (QED) is 0.236. The lowest BCUT2D eigenvalue weighted by atomic mass is 10.1. The topological polar surface area (TPSA) is 99.7 Å². The molecule has 7 nitrogen and oxygen atoms in total. The number of carbonyl (C=O) groups is 2. The number of esters is 1. The van der Waals surface area contributed by atoms with Crippen LogP contribution in [0.15, 0.2) is 42.5 Å². The maximum atomic E-state index is 13.2. The van der Waals surface area contributed by atoms with Gasteiger partial charge >= 0.3 is 5.97 Å². The van der Waals surface area contributed by atoms with Crippen molar-refractivity contribution in [2.75, 3.05) is 30.0 Å². The standard InChI is InChI=1S/C29H36N4O3/c1-4-36-28(35)17-16-27(34)33(24-11-5-6-12-24)26-15-14-22(19-21(26)2)9-8-18-32(3)25-13-7-10-23(20-25)29(30)31/h7,10,13-15,19-20,24H,4-6,11-12,16-18H2,1-3H3,(H3,30,31). The van der Waals surface area contributed by atoms with Crippen LogP contribution >= 0.6 is 0 Å². The third-order valence-corrected chi connectivity index (χ3v) is 6.41. The van der Waals surface area contributed by atoms with E-state index < -0.39 is 0 Å². The zero-order valence-corrected chi connectivity index (χ0v) is 21.5. The van der Waals surface area contributed by atoms with E-state index in [-0.39, 0.29) is 36.6 Å². The van der Waals surface area contributed by atoms with Gasteiger partial charge in [-0.15, -0.1) is 0 Å². The Kier molecular flexibility index (Phi) is 9.52. The molecule has 0 aromatic heterocycles. The predicted octanol–water partition coefficient (Wildman–Crippen LogP) is 4.39. The average molecular weight is 489 g/mol. The average Bonchev–Trinajstić information content (AvgIpc) is 3.39. The van der Waals surface area contributed by atoms with Crippen molar-refractivity contribution in [3.8, 4) is 11.8 Å². The molecule has 0 saturated heterocycles. The first kappa shape index (κ1) is 26.8. The minimum absolute atomic E-state index is 0.0358. The molecule has 1 aliphatic rings. The number of amidine groups is 1. The second-order valence-electron chi connectivity index (χ2n) is 9.13. The Morgan fingerprint density at radius 1 is 1.14 bits per heavy atom. The zero-order valence-electron chi connectivity index (χ0n) is 21.5. The van der Waals surface area contributed by atoms with E-state index in [9.17, 15) is 9.59 Å². The molecule has 3 N–H and O–H groups in total. The van der Waals surface area contributed by atoms with E-state index in [4.69, 9.17) is 15.9 Å². The van der Waals surface area contributed by atoms with Crippen molar-refractivity contribution >= 4 is 29.1 Å². The van der Waals surface area contributed by atoms with Gasteiger partial charge in [-0.05, 0) is 62.6 Å². The van der Waals surface area contributed by atoms with Crippen LogP contribution in [0.3, 0.4) is 0 Å². The van der Waals surface area contributed by atoms with Crippen LogP contribution in [0, 0.1) is 24.2 Å². The molecule has 0 radical (unpaired) electrons. The summed E-state index contributed by atoms with van der Waals surface area (Å²) >= 11 is 0. The first-order valence-electron chi connectivity index (χ1n) is 12.5. The highest BCUT2D eigenvalue weighted by atomic mass is 16.5. The van der Waals surface area contributed by atoms with Crippen LogP contribution in [0.1, 0.15) is 62.1 Å². The van der Waals surface area contributed by atoms with Gasteiger partial charge in [0.2, 0.25) is 5.91 Å². The maximum Gasteiger partial charge on any atom is 0.306 e. The van der Waals surface area contributed by atoms with Crippen molar-refractivity contribution in [2.45, 2.75) is 58.4 Å². The molecule has 7 heteroatoms. The number of nitrogens with zero attached hydrogens (tertiary/aromatic N) is 2. The van der Waals surface area contributed by atoms with Crippen molar-refractivity contribution < 1.29 is 14.3 Å². The minimum Gasteiger partial charge on any atom is -0.466 e. The van der Waals surface area contributed by atoms with Crippen LogP contribution in [-0.4, -0.2) is 44.0 Å². The van der Waals surface area contributed by atoms with Gasteiger partial charge in [-0.25, -0.2) is 0 Å². The van der Waals surface area contributed by atoms with Crippen LogP contribution in [0.2, 0.25) is 0 Å². The molecule has 1 saturated carbocycles. The van der Waals surface area contributed by atoms with Crippen LogP contribution in [-0.2, 0) is 14.3 Å². The lowest BCUT2D eigenvalue weighted by molar-refractivity contribution is -0.144. The number of amides is 1. The van der Waals surface area contributed by atoms with E-state index in [1.165, 1.54) is 0 Å². The summed E-state index contributed by atoms with van der Waals surface area (Å²) in [6.45, 7) is 4.60. The van der Waals surface area contributed by atoms with Crippen molar-refractivity contribution in [1.82, 2.24) is 0 Å². The highest BCUT2D eigenvalue weighted by Crippen LogP contribution is 2.31. The van der Waals surface area contributed by atoms with Gasteiger partial charge in [0.25, 0.3) is 0 Å². The van der Waals surface area contributed by atoms with Crippen LogP contribution in [0.25, 0.3) is 0 Å². The third-order valence-electron chi connectivity index (χ3n) is 6.41. The zero-order chi connectivity index (χ0) is 26.1. The molecule has 0 bridgehead atoms. The number of rotatable bonds is 9. The molecular formula is C29H36N4O3. The number of hydrogen-bond donors (Lipinski definition) is 2. The van der Waals surface area contributed by atoms with E-state index >= 15 is 0 Å². The van der Waals surface area contributed by atoms with Gasteiger partial charge in [0.05, 0.1) is 19.6 Å². The molecule has 3 rings (SSSR count). The van der Waals surface area contributed by atoms with Gasteiger partial charge < -0.3 is 20.3 Å². The minimum atomic E-state index is -0.336. The van der Waals surface area contributed by atoms with Crippen LogP contribution < -0.4 is 15.5 Å². The molecule has 0 unspecified atom stereocenters. The molecule has 2 aromatic rings. The van der Waals surface area contributed by atoms with Crippen LogP contribution in [0.5, 0.6) is 0 Å². The normalized spacial score (nSPS) is 13.0. The van der Waals surface area contributed by atoms with E-state index in [0.29, 0.717) is 18.7 Å². The smallest absolute Gasteiger partial charge is 0.306 e. The lowest BCUT2D eigenvalue weighted by Gasteiger charge is -2.30. The number of hydrogen-bond acceptors (Lipinski definition) is 5. The molecule has 1 amide bonds. The monoisotopic (exact) mass is 488 g/mol. The number of nitrogen functional groups attached to an aromatic ring is 1. The van der Waals surface area contributed by atoms with Crippen LogP contribution in [0.4, 0.5) is 11.4 Å². The molecule has 1 aliphatic carbocycles. The summed E-state index contributed by atoms with van der Waals surface area (Å²) in [5, 5.41) is 7.62. The van der Waals surface area contributed by atoms with Crippen molar-refractivity contribution in [2.24, 2.45) is 5.73 Å². The summed E-state index contributed by atoms with van der Waals surface area (Å²) in [6.07, 6.45) is 4.41. The second-order valence-corrected chi connectivity index (χ2v) is 9.13. The lowest BCUT2D eigenvalue weighted by Crippen LogP contribution is -2.39. The second kappa shape index (κ2) is 12.8. The van der Waals surface area contributed by atoms with Gasteiger partial charge in [-0.2, -0.15) is 0 Å². The number of anilines is 2. The number of benzene rings is 2. The van der Waals surface area contributed by atoms with Gasteiger partial charge in [-0.3, -0.25) is 15.0 Å². The highest BCUT2D eigenvalue weighted by molar-refractivity contribution is 5.96. The first-order chi connectivity index (χ1) is 17.3. The molecule has 0 spiro atoms. The summed E-state index contributed by atoms with van der Waals surface area (Å²) in [6, 6.07) is 13.6. The van der Waals surface area contributed by atoms with Gasteiger partial charge in [0, 0.05) is 42.0 Å². The molecule has 36 heavy (non-hydrogen) atoms. The summed E-state index contributed by atoms with van der Waals surface area (Å²) in [4.78, 5) is 28.9. The van der Waals surface area contributed by atoms with Crippen molar-refractivity contribution in [3.05, 3.63) is 59.2 Å². The highest BCUT2D eigenvalue weighted by Gasteiger charge is 2.29. The number of nitrogens with one attached hydrogen (secondary N) is 1. The molecule has 0 aliphatic heterocycles. The van der Waals surface area contributed by atoms with Crippen molar-refractivity contribution in [3.63, 3.8) is 0 Å². The summed E-state index contributed by atoms with van der Waals surface area (Å²) < 4.78 is 5.00. The fourth-order valence-electron chi connectivity index (χ4n) is 4.53. The van der Waals surface area contributed by atoms with Gasteiger partial charge in [0.15, 0.2) is 0 Å². The van der Waals surface area contributed by atoms with E-state index in [1.54, 1.807) is 6.92 Å². The fraction of sp³-hybridized carbons (Fsp3) is 0.414. The van der Waals surface area contributed by atoms with E-state index in [2.05, 4.69) is 11.8 Å². The molecule has 190 valence electrons. The van der Waals surface area contributed by atoms with Crippen molar-refractivity contribution in [1.29, 1.82) is 5.41 Å². The molecule has 0 heterocycles. The SMILES string of the molecule is CCOC(=O)CCC(=O)N(c1ccc(C#CCN(C)c2cccc(C(=N)N)c2)cc1C)C1CCCC1. The summed E-state index contributed by atoms with van der Waals surface area (Å²) in [5.41, 5.74) is 9.98. The Bertz CT molecular complexity index is 1160. The Balaban J connectivity index is 1.72. The number of nitrogens with two attached hydrogens (primary N) is 1. The Hall–Kier alpha value is -3.79. The maximum absolute atomic E-state index is 13.2. The Labute approximate surface area is 214 Å². The molecular weight excluding hydrogens is 452 g/mol. The Morgan fingerprint density at radius 2 is 1.89 bits per heavy atom. The predicted molar refractivity (Wildman–Crippen MR) is 144 cm³/mol. The molecule has 2 aromatic carbocycles. The third kappa shape index (κ3) is 7.11. The molecule has 1 fully saturated rings. The van der Waals surface area contributed by atoms with E-state index in [1.807, 2.05) is 66.2 Å². The number of carbonyl (C=O) groups excluding carboxylic acids is 2. The fourth-order valence-corrected chi connectivity index (χ4v) is 4.53. The van der Waals surface area contributed by atoms with Gasteiger partial charge in [0.1, 0.15) is 5.84 Å². The first-order valence-corrected chi connectivity index (χ1v) is 12.5. The Morgan fingerprint density at radius 3 is 2.56 bits per heavy atom. The summed E-state index contributed by atoms with van der Waals surface area (Å²) in [7, 11) is 1.95. The molecule has 0 atom stereocenters. The van der Waals surface area contributed by atoms with Gasteiger partial charge in [-0.1, -0.05) is 36.8 Å². The largest absolute Gasteiger partial charge is 0.466 e. The number of ether oxygens (including phenoxy) is 1.